The summed E-state index contributed by atoms with van der Waals surface area (Å²) in [6.07, 6.45) is 4.57. The number of hydrogen-bond donors (Lipinski definition) is 1. The van der Waals surface area contributed by atoms with Gasteiger partial charge in [0.1, 0.15) is 5.60 Å². The van der Waals surface area contributed by atoms with Gasteiger partial charge in [-0.25, -0.2) is 0 Å². The summed E-state index contributed by atoms with van der Waals surface area (Å²) in [6.45, 7) is 4.04. The molecule has 2 saturated heterocycles. The van der Waals surface area contributed by atoms with Crippen molar-refractivity contribution in [1.82, 2.24) is 19.8 Å². The van der Waals surface area contributed by atoms with Crippen LogP contribution in [0, 0.1) is 0 Å². The second-order valence-electron chi connectivity index (χ2n) is 7.65. The summed E-state index contributed by atoms with van der Waals surface area (Å²) >= 11 is 0. The molecule has 1 amide bonds. The van der Waals surface area contributed by atoms with Gasteiger partial charge < -0.3 is 14.5 Å². The van der Waals surface area contributed by atoms with Crippen LogP contribution < -0.4 is 0 Å². The molecule has 2 aromatic rings. The van der Waals surface area contributed by atoms with Crippen molar-refractivity contribution in [3.8, 4) is 0 Å². The molecule has 2 aromatic heterocycles. The van der Waals surface area contributed by atoms with Crippen LogP contribution in [0.5, 0.6) is 0 Å². The molecule has 0 aromatic carbocycles. The summed E-state index contributed by atoms with van der Waals surface area (Å²) in [5.74, 6) is 0.406. The largest absolute Gasteiger partial charge is 0.383 e. The Bertz CT molecular complexity index is 780. The lowest BCUT2D eigenvalue weighted by Gasteiger charge is -2.43. The van der Waals surface area contributed by atoms with Gasteiger partial charge in [0.25, 0.3) is 5.91 Å². The quantitative estimate of drug-likeness (QED) is 0.922. The first kappa shape index (κ1) is 16.3. The van der Waals surface area contributed by atoms with E-state index in [-0.39, 0.29) is 23.9 Å². The van der Waals surface area contributed by atoms with Crippen molar-refractivity contribution < 1.29 is 14.4 Å². The fraction of sp³-hybridized carbons (Fsp3) is 0.611. The van der Waals surface area contributed by atoms with Crippen molar-refractivity contribution in [2.45, 2.75) is 63.1 Å². The monoisotopic (exact) mass is 344 g/mol. The third kappa shape index (κ3) is 2.57. The Balaban J connectivity index is 1.58. The van der Waals surface area contributed by atoms with Crippen LogP contribution in [0.2, 0.25) is 0 Å². The SMILES string of the molecule is CC(C)c1cc(C(=O)N2C3CCC2CC(O)(c2ccnn2C)C3)on1. The minimum Gasteiger partial charge on any atom is -0.383 e. The number of amides is 1. The van der Waals surface area contributed by atoms with Gasteiger partial charge in [-0.2, -0.15) is 5.10 Å². The van der Waals surface area contributed by atoms with Crippen molar-refractivity contribution in [2.75, 3.05) is 0 Å². The van der Waals surface area contributed by atoms with E-state index in [4.69, 9.17) is 4.52 Å². The van der Waals surface area contributed by atoms with Crippen LogP contribution in [0.3, 0.4) is 0 Å². The highest BCUT2D eigenvalue weighted by molar-refractivity contribution is 5.92. The Hall–Kier alpha value is -2.15. The van der Waals surface area contributed by atoms with Crippen LogP contribution in [0.4, 0.5) is 0 Å². The van der Waals surface area contributed by atoms with Gasteiger partial charge in [0.2, 0.25) is 5.76 Å². The molecule has 7 nitrogen and oxygen atoms in total. The summed E-state index contributed by atoms with van der Waals surface area (Å²) in [7, 11) is 1.84. The van der Waals surface area contributed by atoms with E-state index < -0.39 is 5.60 Å². The third-order valence-electron chi connectivity index (χ3n) is 5.63. The van der Waals surface area contributed by atoms with Gasteiger partial charge in [0.15, 0.2) is 0 Å². The fourth-order valence-electron chi connectivity index (χ4n) is 4.38. The van der Waals surface area contributed by atoms with Crippen LogP contribution in [-0.2, 0) is 12.6 Å². The normalized spacial score (nSPS) is 28.8. The van der Waals surface area contributed by atoms with E-state index in [1.54, 1.807) is 16.9 Å². The van der Waals surface area contributed by atoms with Gasteiger partial charge in [0, 0.05) is 44.2 Å². The maximum atomic E-state index is 13.0. The molecular formula is C18H24N4O3. The predicted octanol–water partition coefficient (Wildman–Crippen LogP) is 2.19. The van der Waals surface area contributed by atoms with Crippen molar-refractivity contribution in [3.63, 3.8) is 0 Å². The lowest BCUT2D eigenvalue weighted by molar-refractivity contribution is -0.0538. The van der Waals surface area contributed by atoms with Crippen LogP contribution in [-0.4, -0.2) is 42.9 Å². The standard InChI is InChI=1S/C18H24N4O3/c1-11(2)14-8-15(25-20-14)17(23)22-12-4-5-13(22)10-18(24,9-12)16-6-7-19-21(16)3/h6-8,11-13,24H,4-5,9-10H2,1-3H3. The minimum absolute atomic E-state index is 0.0127. The molecule has 0 radical (unpaired) electrons. The van der Waals surface area contributed by atoms with E-state index in [0.29, 0.717) is 18.6 Å². The van der Waals surface area contributed by atoms with E-state index in [1.807, 2.05) is 31.9 Å². The van der Waals surface area contributed by atoms with Crippen LogP contribution in [0.1, 0.15) is 67.4 Å². The van der Waals surface area contributed by atoms with E-state index in [1.165, 1.54) is 0 Å². The molecule has 25 heavy (non-hydrogen) atoms. The van der Waals surface area contributed by atoms with Crippen LogP contribution >= 0.6 is 0 Å². The summed E-state index contributed by atoms with van der Waals surface area (Å²) in [5.41, 5.74) is 0.676. The van der Waals surface area contributed by atoms with Gasteiger partial charge in [-0.1, -0.05) is 19.0 Å². The smallest absolute Gasteiger partial charge is 0.292 e. The average Bonchev–Trinajstić information content (AvgIpc) is 3.26. The average molecular weight is 344 g/mol. The number of aromatic nitrogens is 3. The Morgan fingerprint density at radius 3 is 2.56 bits per heavy atom. The molecule has 0 aliphatic carbocycles. The molecule has 4 heterocycles. The molecule has 0 spiro atoms. The molecule has 2 bridgehead atoms. The zero-order chi connectivity index (χ0) is 17.8. The summed E-state index contributed by atoms with van der Waals surface area (Å²) in [6, 6.07) is 3.63. The first-order chi connectivity index (χ1) is 11.9. The first-order valence-corrected chi connectivity index (χ1v) is 8.89. The zero-order valence-electron chi connectivity index (χ0n) is 14.8. The molecule has 2 unspecified atom stereocenters. The number of aliphatic hydroxyl groups is 1. The van der Waals surface area contributed by atoms with Crippen LogP contribution in [0.15, 0.2) is 22.9 Å². The number of nitrogens with zero attached hydrogens (tertiary/aromatic N) is 4. The van der Waals surface area contributed by atoms with Gasteiger partial charge in [-0.15, -0.1) is 0 Å². The Kier molecular flexibility index (Phi) is 3.72. The summed E-state index contributed by atoms with van der Waals surface area (Å²) in [5, 5.41) is 19.4. The highest BCUT2D eigenvalue weighted by Crippen LogP contribution is 2.46. The maximum Gasteiger partial charge on any atom is 0.292 e. The van der Waals surface area contributed by atoms with E-state index in [2.05, 4.69) is 10.3 Å². The van der Waals surface area contributed by atoms with Gasteiger partial charge >= 0.3 is 0 Å². The van der Waals surface area contributed by atoms with Gasteiger partial charge in [-0.3, -0.25) is 9.48 Å². The Morgan fingerprint density at radius 1 is 1.36 bits per heavy atom. The van der Waals surface area contributed by atoms with E-state index >= 15 is 0 Å². The fourth-order valence-corrected chi connectivity index (χ4v) is 4.38. The van der Waals surface area contributed by atoms with E-state index in [9.17, 15) is 9.90 Å². The predicted molar refractivity (Wildman–Crippen MR) is 89.9 cm³/mol. The minimum atomic E-state index is -0.932. The Morgan fingerprint density at radius 2 is 2.04 bits per heavy atom. The molecule has 2 fully saturated rings. The van der Waals surface area contributed by atoms with Gasteiger partial charge in [-0.05, 0) is 24.8 Å². The molecule has 0 saturated carbocycles. The molecule has 2 aliphatic heterocycles. The lowest BCUT2D eigenvalue weighted by Crippen LogP contribution is -2.52. The Labute approximate surface area is 146 Å². The third-order valence-corrected chi connectivity index (χ3v) is 5.63. The number of aryl methyl sites for hydroxylation is 1. The molecule has 134 valence electrons. The topological polar surface area (TPSA) is 84.4 Å². The summed E-state index contributed by atoms with van der Waals surface area (Å²) in [4.78, 5) is 14.9. The molecule has 7 heteroatoms. The highest BCUT2D eigenvalue weighted by Gasteiger charge is 2.51. The molecule has 2 aliphatic rings. The van der Waals surface area contributed by atoms with Crippen LogP contribution in [0.25, 0.3) is 0 Å². The van der Waals surface area contributed by atoms with Crippen molar-refractivity contribution >= 4 is 5.91 Å². The second kappa shape index (κ2) is 5.69. The number of hydrogen-bond acceptors (Lipinski definition) is 5. The summed E-state index contributed by atoms with van der Waals surface area (Å²) < 4.78 is 7.02. The zero-order valence-corrected chi connectivity index (χ0v) is 14.8. The molecule has 4 rings (SSSR count). The van der Waals surface area contributed by atoms with Gasteiger partial charge in [0.05, 0.1) is 11.4 Å². The molecule has 1 N–H and O–H groups in total. The number of fused-ring (bicyclic) bond motifs is 2. The van der Waals surface area contributed by atoms with Crippen molar-refractivity contribution in [1.29, 1.82) is 0 Å². The number of carbonyl (C=O) groups excluding carboxylic acids is 1. The van der Waals surface area contributed by atoms with Crippen molar-refractivity contribution in [3.05, 3.63) is 35.5 Å². The lowest BCUT2D eigenvalue weighted by atomic mass is 9.83. The number of piperidine rings is 1. The maximum absolute atomic E-state index is 13.0. The van der Waals surface area contributed by atoms with Crippen molar-refractivity contribution in [2.24, 2.45) is 7.05 Å². The second-order valence-corrected chi connectivity index (χ2v) is 7.65. The number of carbonyl (C=O) groups is 1. The number of rotatable bonds is 3. The highest BCUT2D eigenvalue weighted by atomic mass is 16.5. The first-order valence-electron chi connectivity index (χ1n) is 8.89. The molecular weight excluding hydrogens is 320 g/mol. The molecule has 2 atom stereocenters. The van der Waals surface area contributed by atoms with E-state index in [0.717, 1.165) is 24.2 Å².